The Bertz CT molecular complexity index is 1300. The third kappa shape index (κ3) is 5.99. The molecular weight excluding hydrogens is 470 g/mol. The van der Waals surface area contributed by atoms with Crippen molar-refractivity contribution in [2.75, 3.05) is 25.1 Å². The summed E-state index contributed by atoms with van der Waals surface area (Å²) in [6, 6.07) is 17.5. The minimum atomic E-state index is -3.93. The molecule has 0 aromatic heterocycles. The molecule has 0 bridgehead atoms. The number of methoxy groups -OCH3 is 1. The molecule has 0 fully saturated rings. The van der Waals surface area contributed by atoms with Crippen LogP contribution < -0.4 is 9.04 Å². The van der Waals surface area contributed by atoms with Gasteiger partial charge < -0.3 is 14.2 Å². The molecule has 0 radical (unpaired) electrons. The summed E-state index contributed by atoms with van der Waals surface area (Å²) < 4.78 is 43.1. The van der Waals surface area contributed by atoms with Crippen LogP contribution in [0.25, 0.3) is 0 Å². The molecule has 0 unspecified atom stereocenters. The molecule has 8 nitrogen and oxygen atoms in total. The molecule has 0 atom stereocenters. The summed E-state index contributed by atoms with van der Waals surface area (Å²) in [5, 5.41) is 0. The lowest BCUT2D eigenvalue weighted by Crippen LogP contribution is -2.26. The lowest BCUT2D eigenvalue weighted by Gasteiger charge is -2.20. The smallest absolute Gasteiger partial charge is 0.338 e. The van der Waals surface area contributed by atoms with Crippen LogP contribution in [0.5, 0.6) is 5.75 Å². The van der Waals surface area contributed by atoms with Crippen molar-refractivity contribution in [3.05, 3.63) is 89.0 Å². The number of aryl methyl sites for hydroxylation is 1. The number of carbonyl (C=O) groups is 2. The van der Waals surface area contributed by atoms with Gasteiger partial charge in [0.15, 0.2) is 0 Å². The maximum absolute atomic E-state index is 13.2. The molecule has 0 aliphatic heterocycles. The van der Waals surface area contributed by atoms with E-state index in [0.717, 1.165) is 4.31 Å². The lowest BCUT2D eigenvalue weighted by atomic mass is 10.1. The number of nitrogens with zero attached hydrogens (tertiary/aromatic N) is 1. The van der Waals surface area contributed by atoms with Crippen molar-refractivity contribution in [3.8, 4) is 5.75 Å². The van der Waals surface area contributed by atoms with Crippen LogP contribution in [0, 0.1) is 6.92 Å². The number of rotatable bonds is 9. The molecule has 3 aromatic carbocycles. The van der Waals surface area contributed by atoms with Crippen LogP contribution >= 0.6 is 0 Å². The van der Waals surface area contributed by atoms with Crippen LogP contribution in [-0.2, 0) is 26.1 Å². The molecule has 0 heterocycles. The van der Waals surface area contributed by atoms with E-state index in [4.69, 9.17) is 9.47 Å². The highest BCUT2D eigenvalue weighted by atomic mass is 32.2. The summed E-state index contributed by atoms with van der Waals surface area (Å²) in [6.07, 6.45) is 0. The molecule has 184 valence electrons. The first-order valence-corrected chi connectivity index (χ1v) is 12.3. The van der Waals surface area contributed by atoms with Crippen molar-refractivity contribution < 1.29 is 32.2 Å². The summed E-state index contributed by atoms with van der Waals surface area (Å²) in [5.41, 5.74) is 2.24. The first-order valence-electron chi connectivity index (χ1n) is 10.8. The van der Waals surface area contributed by atoms with Gasteiger partial charge in [0.25, 0.3) is 10.0 Å². The SMILES string of the molecule is CCOc1ccc(N(C)S(=O)(=O)c2ccc(C)c(C(=O)OCc3ccc(C(=O)OC)cc3)c2)cc1. The monoisotopic (exact) mass is 497 g/mol. The Hall–Kier alpha value is -3.85. The molecule has 35 heavy (non-hydrogen) atoms. The quantitative estimate of drug-likeness (QED) is 0.405. The normalized spacial score (nSPS) is 11.0. The molecule has 0 aliphatic carbocycles. The lowest BCUT2D eigenvalue weighted by molar-refractivity contribution is 0.0470. The first kappa shape index (κ1) is 25.8. The predicted molar refractivity (Wildman–Crippen MR) is 131 cm³/mol. The summed E-state index contributed by atoms with van der Waals surface area (Å²) in [4.78, 5) is 24.3. The summed E-state index contributed by atoms with van der Waals surface area (Å²) in [5.74, 6) is -0.472. The predicted octanol–water partition coefficient (Wildman–Crippen LogP) is 4.36. The zero-order valence-electron chi connectivity index (χ0n) is 20.0. The van der Waals surface area contributed by atoms with E-state index in [0.29, 0.717) is 34.7 Å². The summed E-state index contributed by atoms with van der Waals surface area (Å²) in [6.45, 7) is 4.04. The highest BCUT2D eigenvalue weighted by molar-refractivity contribution is 7.92. The molecule has 0 aliphatic rings. The van der Waals surface area contributed by atoms with Crippen molar-refractivity contribution in [1.29, 1.82) is 0 Å². The Morgan fingerprint density at radius 2 is 1.57 bits per heavy atom. The number of sulfonamides is 1. The van der Waals surface area contributed by atoms with Gasteiger partial charge in [-0.05, 0) is 73.5 Å². The van der Waals surface area contributed by atoms with Crippen molar-refractivity contribution >= 4 is 27.6 Å². The number of hydrogen-bond donors (Lipinski definition) is 0. The fourth-order valence-corrected chi connectivity index (χ4v) is 4.50. The van der Waals surface area contributed by atoms with Gasteiger partial charge in [0, 0.05) is 7.05 Å². The summed E-state index contributed by atoms with van der Waals surface area (Å²) in [7, 11) is -1.19. The highest BCUT2D eigenvalue weighted by Gasteiger charge is 2.24. The number of carbonyl (C=O) groups excluding carboxylic acids is 2. The van der Waals surface area contributed by atoms with Gasteiger partial charge in [-0.1, -0.05) is 18.2 Å². The zero-order valence-corrected chi connectivity index (χ0v) is 20.8. The second-order valence-corrected chi connectivity index (χ2v) is 9.61. The van der Waals surface area contributed by atoms with E-state index in [2.05, 4.69) is 4.74 Å². The van der Waals surface area contributed by atoms with E-state index in [1.165, 1.54) is 26.3 Å². The molecule has 0 spiro atoms. The van der Waals surface area contributed by atoms with Crippen LogP contribution in [0.2, 0.25) is 0 Å². The standard InChI is InChI=1S/C26H27NO7S/c1-5-33-22-13-11-21(12-14-22)27(3)35(30,31)23-15-6-18(2)24(16-23)26(29)34-17-19-7-9-20(10-8-19)25(28)32-4/h6-16H,5,17H2,1-4H3. The van der Waals surface area contributed by atoms with Gasteiger partial charge in [-0.3, -0.25) is 4.31 Å². The van der Waals surface area contributed by atoms with E-state index in [-0.39, 0.29) is 17.1 Å². The maximum Gasteiger partial charge on any atom is 0.338 e. The van der Waals surface area contributed by atoms with E-state index < -0.39 is 22.0 Å². The number of hydrogen-bond acceptors (Lipinski definition) is 7. The molecule has 0 saturated carbocycles. The molecule has 0 saturated heterocycles. The molecule has 3 rings (SSSR count). The van der Waals surface area contributed by atoms with E-state index in [1.54, 1.807) is 61.5 Å². The number of esters is 2. The van der Waals surface area contributed by atoms with Crippen LogP contribution in [0.3, 0.4) is 0 Å². The Morgan fingerprint density at radius 3 is 2.17 bits per heavy atom. The van der Waals surface area contributed by atoms with Crippen molar-refractivity contribution in [2.45, 2.75) is 25.3 Å². The van der Waals surface area contributed by atoms with Crippen LogP contribution in [0.4, 0.5) is 5.69 Å². The Morgan fingerprint density at radius 1 is 0.914 bits per heavy atom. The van der Waals surface area contributed by atoms with E-state index >= 15 is 0 Å². The third-order valence-electron chi connectivity index (χ3n) is 5.34. The number of anilines is 1. The molecule has 9 heteroatoms. The van der Waals surface area contributed by atoms with Crippen LogP contribution in [0.1, 0.15) is 38.8 Å². The minimum Gasteiger partial charge on any atom is -0.494 e. The van der Waals surface area contributed by atoms with Gasteiger partial charge >= 0.3 is 11.9 Å². The third-order valence-corrected chi connectivity index (χ3v) is 7.13. The van der Waals surface area contributed by atoms with Crippen LogP contribution in [0.15, 0.2) is 71.6 Å². The van der Waals surface area contributed by atoms with Gasteiger partial charge in [0.2, 0.25) is 0 Å². The topological polar surface area (TPSA) is 99.2 Å². The van der Waals surface area contributed by atoms with Crippen molar-refractivity contribution in [2.24, 2.45) is 0 Å². The second kappa shape index (κ2) is 11.1. The van der Waals surface area contributed by atoms with Gasteiger partial charge in [0.1, 0.15) is 12.4 Å². The molecule has 0 amide bonds. The van der Waals surface area contributed by atoms with Gasteiger partial charge in [-0.15, -0.1) is 0 Å². The largest absolute Gasteiger partial charge is 0.494 e. The average molecular weight is 498 g/mol. The fraction of sp³-hybridized carbons (Fsp3) is 0.231. The highest BCUT2D eigenvalue weighted by Crippen LogP contribution is 2.26. The molecular formula is C26H27NO7S. The van der Waals surface area contributed by atoms with Crippen LogP contribution in [-0.4, -0.2) is 41.1 Å². The van der Waals surface area contributed by atoms with Gasteiger partial charge in [-0.2, -0.15) is 0 Å². The average Bonchev–Trinajstić information content (AvgIpc) is 2.87. The van der Waals surface area contributed by atoms with Gasteiger partial charge in [-0.25, -0.2) is 18.0 Å². The first-order chi connectivity index (χ1) is 16.7. The molecule has 3 aromatic rings. The van der Waals surface area contributed by atoms with E-state index in [1.807, 2.05) is 6.92 Å². The Balaban J connectivity index is 1.76. The van der Waals surface area contributed by atoms with Crippen molar-refractivity contribution in [1.82, 2.24) is 0 Å². The van der Waals surface area contributed by atoms with E-state index in [9.17, 15) is 18.0 Å². The summed E-state index contributed by atoms with van der Waals surface area (Å²) >= 11 is 0. The van der Waals surface area contributed by atoms with Gasteiger partial charge in [0.05, 0.1) is 35.4 Å². The Labute approximate surface area is 205 Å². The number of ether oxygens (including phenoxy) is 3. The number of benzene rings is 3. The molecule has 0 N–H and O–H groups in total. The Kier molecular flexibility index (Phi) is 8.14. The zero-order chi connectivity index (χ0) is 25.6. The fourth-order valence-electron chi connectivity index (χ4n) is 3.28. The van der Waals surface area contributed by atoms with Crippen molar-refractivity contribution in [3.63, 3.8) is 0 Å². The maximum atomic E-state index is 13.2. The second-order valence-electron chi connectivity index (χ2n) is 7.64. The minimum absolute atomic E-state index is 0.0335.